The van der Waals surface area contributed by atoms with Crippen molar-refractivity contribution in [2.75, 3.05) is 0 Å². The summed E-state index contributed by atoms with van der Waals surface area (Å²) in [5.74, 6) is 1.06. The summed E-state index contributed by atoms with van der Waals surface area (Å²) >= 11 is 0. The van der Waals surface area contributed by atoms with E-state index in [0.717, 1.165) is 36.7 Å². The van der Waals surface area contributed by atoms with Crippen molar-refractivity contribution in [3.05, 3.63) is 33.9 Å². The molecule has 4 bridgehead atoms. The van der Waals surface area contributed by atoms with Crippen molar-refractivity contribution in [3.8, 4) is 5.75 Å². The van der Waals surface area contributed by atoms with Crippen molar-refractivity contribution >= 4 is 5.69 Å². The smallest absolute Gasteiger partial charge is 0.262 e. The Morgan fingerprint density at radius 3 is 2.43 bits per heavy atom. The molecule has 0 amide bonds. The van der Waals surface area contributed by atoms with E-state index in [1.165, 1.54) is 25.3 Å². The van der Waals surface area contributed by atoms with E-state index in [4.69, 9.17) is 0 Å². The highest BCUT2D eigenvalue weighted by atomic mass is 16.6. The maximum Gasteiger partial charge on any atom is 0.262 e. The number of nitro benzene ring substituents is 1. The van der Waals surface area contributed by atoms with E-state index < -0.39 is 10.7 Å². The summed E-state index contributed by atoms with van der Waals surface area (Å²) in [6, 6.07) is 4.82. The SMILES string of the molecule is CC12C[C@H]3C[C@@H](C1)CC(c1ccc([O-])c([N+](=O)[O-])c1)(C3)C2. The molecule has 0 heterocycles. The Morgan fingerprint density at radius 2 is 1.86 bits per heavy atom. The lowest BCUT2D eigenvalue weighted by molar-refractivity contribution is -0.398. The first kappa shape index (κ1) is 13.1. The lowest BCUT2D eigenvalue weighted by atomic mass is 9.43. The Labute approximate surface area is 124 Å². The van der Waals surface area contributed by atoms with Crippen LogP contribution < -0.4 is 5.11 Å². The van der Waals surface area contributed by atoms with E-state index in [1.807, 2.05) is 6.07 Å². The number of nitro groups is 1. The van der Waals surface area contributed by atoms with Gasteiger partial charge in [0.1, 0.15) is 0 Å². The van der Waals surface area contributed by atoms with Crippen LogP contribution in [0.3, 0.4) is 0 Å². The Bertz CT molecular complexity index is 610. The second-order valence-corrected chi connectivity index (χ2v) is 7.99. The van der Waals surface area contributed by atoms with Gasteiger partial charge in [-0.2, -0.15) is 0 Å². The van der Waals surface area contributed by atoms with Crippen LogP contribution >= 0.6 is 0 Å². The molecule has 112 valence electrons. The molecule has 4 aliphatic carbocycles. The third-order valence-electron chi connectivity index (χ3n) is 6.12. The van der Waals surface area contributed by atoms with Crippen molar-refractivity contribution in [1.29, 1.82) is 0 Å². The fourth-order valence-electron chi connectivity index (χ4n) is 6.05. The van der Waals surface area contributed by atoms with Gasteiger partial charge in [-0.15, -0.1) is 0 Å². The Hall–Kier alpha value is -1.58. The summed E-state index contributed by atoms with van der Waals surface area (Å²) in [5.41, 5.74) is 1.26. The molecule has 21 heavy (non-hydrogen) atoms. The molecular formula is C17H20NO3-. The Morgan fingerprint density at radius 1 is 1.19 bits per heavy atom. The standard InChI is InChI=1S/C17H21NO3/c1-16-6-11-4-12(7-16)9-17(8-11,10-16)13-2-3-15(19)14(5-13)18(20)21/h2-3,5,11-12,19H,4,6-10H2,1H3/p-1/t11-,12+,16?,17?. The van der Waals surface area contributed by atoms with Gasteiger partial charge in [0.25, 0.3) is 5.69 Å². The largest absolute Gasteiger partial charge is 0.868 e. The molecule has 4 fully saturated rings. The minimum absolute atomic E-state index is 0.0806. The molecule has 4 saturated carbocycles. The number of benzene rings is 1. The second-order valence-electron chi connectivity index (χ2n) is 7.99. The van der Waals surface area contributed by atoms with Crippen molar-refractivity contribution in [3.63, 3.8) is 0 Å². The third kappa shape index (κ3) is 1.88. The normalized spacial score (nSPS) is 40.4. The Kier molecular flexibility index (Phi) is 2.49. The fraction of sp³-hybridized carbons (Fsp3) is 0.647. The first-order valence-corrected chi connectivity index (χ1v) is 7.85. The summed E-state index contributed by atoms with van der Waals surface area (Å²) in [6.07, 6.45) is 7.38. The summed E-state index contributed by atoms with van der Waals surface area (Å²) in [4.78, 5) is 10.5. The summed E-state index contributed by atoms with van der Waals surface area (Å²) in [7, 11) is 0. The second kappa shape index (κ2) is 3.99. The van der Waals surface area contributed by atoms with Crippen LogP contribution in [0.15, 0.2) is 18.2 Å². The number of nitrogens with zero attached hydrogens (tertiary/aromatic N) is 1. The first-order valence-electron chi connectivity index (χ1n) is 7.85. The summed E-state index contributed by atoms with van der Waals surface area (Å²) in [6.45, 7) is 2.38. The highest BCUT2D eigenvalue weighted by molar-refractivity contribution is 5.49. The predicted octanol–water partition coefficient (Wildman–Crippen LogP) is 3.53. The average molecular weight is 286 g/mol. The molecule has 1 aromatic carbocycles. The minimum atomic E-state index is -0.534. The Balaban J connectivity index is 1.79. The van der Waals surface area contributed by atoms with Crippen LogP contribution in [0.4, 0.5) is 5.69 Å². The van der Waals surface area contributed by atoms with Gasteiger partial charge in [-0.1, -0.05) is 19.1 Å². The van der Waals surface area contributed by atoms with Crippen LogP contribution in [0.25, 0.3) is 0 Å². The van der Waals surface area contributed by atoms with Crippen molar-refractivity contribution in [2.45, 2.75) is 50.9 Å². The van der Waals surface area contributed by atoms with Gasteiger partial charge in [0.2, 0.25) is 0 Å². The van der Waals surface area contributed by atoms with Gasteiger partial charge in [-0.05, 0) is 72.5 Å². The van der Waals surface area contributed by atoms with E-state index in [1.54, 1.807) is 6.07 Å². The molecule has 1 aromatic rings. The first-order chi connectivity index (χ1) is 9.89. The minimum Gasteiger partial charge on any atom is -0.868 e. The van der Waals surface area contributed by atoms with Gasteiger partial charge in [-0.25, -0.2) is 0 Å². The van der Waals surface area contributed by atoms with E-state index in [9.17, 15) is 15.2 Å². The zero-order chi connectivity index (χ0) is 14.8. The molecule has 0 N–H and O–H groups in total. The lowest BCUT2D eigenvalue weighted by Gasteiger charge is -2.61. The number of hydrogen-bond acceptors (Lipinski definition) is 3. The van der Waals surface area contributed by atoms with Crippen molar-refractivity contribution in [2.24, 2.45) is 17.3 Å². The van der Waals surface area contributed by atoms with Crippen LogP contribution in [0.2, 0.25) is 0 Å². The summed E-state index contributed by atoms with van der Waals surface area (Å²) in [5, 5.41) is 22.7. The zero-order valence-electron chi connectivity index (χ0n) is 12.3. The molecule has 2 unspecified atom stereocenters. The van der Waals surface area contributed by atoms with Crippen molar-refractivity contribution in [1.82, 2.24) is 0 Å². The van der Waals surface area contributed by atoms with E-state index >= 15 is 0 Å². The average Bonchev–Trinajstić information content (AvgIpc) is 2.35. The highest BCUT2D eigenvalue weighted by Crippen LogP contribution is 2.65. The van der Waals surface area contributed by atoms with Crippen LogP contribution in [0.5, 0.6) is 5.75 Å². The lowest BCUT2D eigenvalue weighted by Crippen LogP contribution is -2.52. The van der Waals surface area contributed by atoms with Crippen LogP contribution in [-0.4, -0.2) is 4.92 Å². The summed E-state index contributed by atoms with van der Waals surface area (Å²) < 4.78 is 0. The van der Waals surface area contributed by atoms with Crippen LogP contribution in [-0.2, 0) is 5.41 Å². The molecule has 4 nitrogen and oxygen atoms in total. The maximum atomic E-state index is 11.7. The van der Waals surface area contributed by atoms with Gasteiger partial charge in [0.15, 0.2) is 0 Å². The van der Waals surface area contributed by atoms with Gasteiger partial charge in [-0.3, -0.25) is 10.1 Å². The molecule has 0 radical (unpaired) electrons. The molecule has 4 atom stereocenters. The van der Waals surface area contributed by atoms with Crippen LogP contribution in [0.1, 0.15) is 51.0 Å². The van der Waals surface area contributed by atoms with Gasteiger partial charge >= 0.3 is 0 Å². The van der Waals surface area contributed by atoms with Gasteiger partial charge in [0, 0.05) is 6.07 Å². The number of hydrogen-bond donors (Lipinski definition) is 0. The molecule has 5 rings (SSSR count). The molecular weight excluding hydrogens is 266 g/mol. The topological polar surface area (TPSA) is 66.2 Å². The highest BCUT2D eigenvalue weighted by Gasteiger charge is 2.56. The van der Waals surface area contributed by atoms with E-state index in [0.29, 0.717) is 5.41 Å². The van der Waals surface area contributed by atoms with Crippen LogP contribution in [0, 0.1) is 27.4 Å². The van der Waals surface area contributed by atoms with E-state index in [-0.39, 0.29) is 11.1 Å². The monoisotopic (exact) mass is 286 g/mol. The van der Waals surface area contributed by atoms with Gasteiger partial charge in [0.05, 0.1) is 4.92 Å². The molecule has 4 aliphatic rings. The van der Waals surface area contributed by atoms with Gasteiger partial charge < -0.3 is 5.11 Å². The molecule has 0 saturated heterocycles. The molecule has 0 aromatic heterocycles. The van der Waals surface area contributed by atoms with Crippen molar-refractivity contribution < 1.29 is 10.0 Å². The third-order valence-corrected chi connectivity index (χ3v) is 6.12. The quantitative estimate of drug-likeness (QED) is 0.617. The molecule has 4 heteroatoms. The molecule has 0 aliphatic heterocycles. The fourth-order valence-corrected chi connectivity index (χ4v) is 6.05. The maximum absolute atomic E-state index is 11.7. The zero-order valence-corrected chi connectivity index (χ0v) is 12.3. The molecule has 0 spiro atoms. The predicted molar refractivity (Wildman–Crippen MR) is 77.0 cm³/mol. The van der Waals surface area contributed by atoms with E-state index in [2.05, 4.69) is 6.92 Å². The number of rotatable bonds is 2.